The van der Waals surface area contributed by atoms with Gasteiger partial charge in [-0.3, -0.25) is 0 Å². The van der Waals surface area contributed by atoms with Crippen molar-refractivity contribution in [1.29, 1.82) is 0 Å². The van der Waals surface area contributed by atoms with Crippen LogP contribution in [-0.4, -0.2) is 31.4 Å². The molecule has 1 fully saturated rings. The molecule has 2 aromatic heterocycles. The maximum atomic E-state index is 4.54. The lowest BCUT2D eigenvalue weighted by atomic mass is 10.2. The van der Waals surface area contributed by atoms with Crippen LogP contribution in [-0.2, 0) is 0 Å². The Morgan fingerprint density at radius 3 is 3.26 bits per heavy atom. The topological polar surface area (TPSA) is 42.2 Å². The highest BCUT2D eigenvalue weighted by atomic mass is 79.9. The first-order valence-corrected chi connectivity index (χ1v) is 8.49. The van der Waals surface area contributed by atoms with Gasteiger partial charge in [0.25, 0.3) is 0 Å². The van der Waals surface area contributed by atoms with Gasteiger partial charge in [0.1, 0.15) is 4.60 Å². The molecule has 0 saturated heterocycles. The van der Waals surface area contributed by atoms with E-state index in [0.29, 0.717) is 11.3 Å². The molecular formula is C13H17BrN4S. The van der Waals surface area contributed by atoms with Gasteiger partial charge in [-0.2, -0.15) is 11.8 Å². The molecular weight excluding hydrogens is 324 g/mol. The van der Waals surface area contributed by atoms with E-state index in [1.54, 1.807) is 0 Å². The molecule has 2 aromatic rings. The summed E-state index contributed by atoms with van der Waals surface area (Å²) in [6.07, 6.45) is 9.50. The molecule has 19 heavy (non-hydrogen) atoms. The zero-order valence-corrected chi connectivity index (χ0v) is 13.2. The molecule has 2 atom stereocenters. The summed E-state index contributed by atoms with van der Waals surface area (Å²) in [4.78, 5) is 8.93. The molecule has 0 bridgehead atoms. The van der Waals surface area contributed by atoms with Crippen molar-refractivity contribution in [2.24, 2.45) is 0 Å². The first-order chi connectivity index (χ1) is 9.28. The molecule has 1 aliphatic rings. The van der Waals surface area contributed by atoms with Gasteiger partial charge in [-0.25, -0.2) is 9.97 Å². The number of hydrogen-bond donors (Lipinski definition) is 1. The molecule has 6 heteroatoms. The first kappa shape index (κ1) is 13.2. The Hall–Kier alpha value is -0.750. The predicted molar refractivity (Wildman–Crippen MR) is 83.9 cm³/mol. The van der Waals surface area contributed by atoms with E-state index in [-0.39, 0.29) is 0 Å². The third kappa shape index (κ3) is 2.74. The highest BCUT2D eigenvalue weighted by Crippen LogP contribution is 2.32. The normalized spacial score (nSPS) is 23.1. The number of imidazole rings is 1. The molecule has 0 radical (unpaired) electrons. The van der Waals surface area contributed by atoms with Crippen LogP contribution in [0.1, 0.15) is 26.2 Å². The Balaban J connectivity index is 1.86. The molecule has 2 heterocycles. The SMILES string of the molecule is CCSC1CCCC1Nc1nc(Br)cn2ccnc12. The molecule has 1 N–H and O–H groups in total. The number of aromatic nitrogens is 3. The number of rotatable bonds is 4. The van der Waals surface area contributed by atoms with E-state index in [4.69, 9.17) is 0 Å². The lowest BCUT2D eigenvalue weighted by Gasteiger charge is -2.21. The molecule has 2 unspecified atom stereocenters. The largest absolute Gasteiger partial charge is 0.363 e. The minimum atomic E-state index is 0.507. The van der Waals surface area contributed by atoms with Crippen molar-refractivity contribution in [2.75, 3.05) is 11.1 Å². The van der Waals surface area contributed by atoms with Crippen LogP contribution in [0.5, 0.6) is 0 Å². The van der Waals surface area contributed by atoms with Crippen molar-refractivity contribution < 1.29 is 0 Å². The van der Waals surface area contributed by atoms with E-state index >= 15 is 0 Å². The Labute approximate surface area is 125 Å². The summed E-state index contributed by atoms with van der Waals surface area (Å²) in [6, 6.07) is 0.507. The van der Waals surface area contributed by atoms with Gasteiger partial charge in [0, 0.05) is 29.9 Å². The van der Waals surface area contributed by atoms with E-state index in [0.717, 1.165) is 16.1 Å². The number of fused-ring (bicyclic) bond motifs is 1. The maximum absolute atomic E-state index is 4.54. The van der Waals surface area contributed by atoms with Crippen molar-refractivity contribution in [1.82, 2.24) is 14.4 Å². The lowest BCUT2D eigenvalue weighted by Crippen LogP contribution is -2.27. The van der Waals surface area contributed by atoms with Crippen LogP contribution < -0.4 is 5.32 Å². The van der Waals surface area contributed by atoms with Crippen molar-refractivity contribution in [3.8, 4) is 0 Å². The predicted octanol–water partition coefficient (Wildman–Crippen LogP) is 3.58. The highest BCUT2D eigenvalue weighted by Gasteiger charge is 2.28. The van der Waals surface area contributed by atoms with Crippen molar-refractivity contribution in [3.05, 3.63) is 23.2 Å². The Morgan fingerprint density at radius 2 is 2.42 bits per heavy atom. The summed E-state index contributed by atoms with van der Waals surface area (Å²) < 4.78 is 2.83. The van der Waals surface area contributed by atoms with E-state index in [9.17, 15) is 0 Å². The minimum absolute atomic E-state index is 0.507. The number of nitrogens with zero attached hydrogens (tertiary/aromatic N) is 3. The summed E-state index contributed by atoms with van der Waals surface area (Å²) in [5.41, 5.74) is 0.898. The van der Waals surface area contributed by atoms with Gasteiger partial charge in [-0.05, 0) is 34.5 Å². The number of hydrogen-bond acceptors (Lipinski definition) is 4. The van der Waals surface area contributed by atoms with Gasteiger partial charge in [0.2, 0.25) is 0 Å². The summed E-state index contributed by atoms with van der Waals surface area (Å²) >= 11 is 5.51. The fourth-order valence-electron chi connectivity index (χ4n) is 2.68. The van der Waals surface area contributed by atoms with Gasteiger partial charge >= 0.3 is 0 Å². The number of anilines is 1. The minimum Gasteiger partial charge on any atom is -0.363 e. The van der Waals surface area contributed by atoms with Crippen LogP contribution in [0.2, 0.25) is 0 Å². The van der Waals surface area contributed by atoms with Crippen molar-refractivity contribution >= 4 is 39.2 Å². The zero-order chi connectivity index (χ0) is 13.2. The van der Waals surface area contributed by atoms with Crippen LogP contribution >= 0.6 is 27.7 Å². The van der Waals surface area contributed by atoms with E-state index in [1.807, 2.05) is 34.8 Å². The average Bonchev–Trinajstić information content (AvgIpc) is 2.99. The fourth-order valence-corrected chi connectivity index (χ4v) is 4.27. The van der Waals surface area contributed by atoms with Crippen LogP contribution in [0.3, 0.4) is 0 Å². The van der Waals surface area contributed by atoms with Gasteiger partial charge in [0.05, 0.1) is 0 Å². The third-order valence-electron chi connectivity index (χ3n) is 3.50. The highest BCUT2D eigenvalue weighted by molar-refractivity contribution is 9.10. The van der Waals surface area contributed by atoms with Gasteiger partial charge < -0.3 is 9.72 Å². The Kier molecular flexibility index (Phi) is 3.98. The second-order valence-corrected chi connectivity index (χ2v) is 7.07. The maximum Gasteiger partial charge on any atom is 0.180 e. The van der Waals surface area contributed by atoms with E-state index in [1.165, 1.54) is 25.0 Å². The molecule has 1 saturated carbocycles. The molecule has 0 amide bonds. The van der Waals surface area contributed by atoms with Gasteiger partial charge in [-0.1, -0.05) is 13.3 Å². The van der Waals surface area contributed by atoms with Crippen molar-refractivity contribution in [2.45, 2.75) is 37.5 Å². The molecule has 3 rings (SSSR count). The Bertz CT molecular complexity index is 571. The number of thioether (sulfide) groups is 1. The summed E-state index contributed by atoms with van der Waals surface area (Å²) in [7, 11) is 0. The molecule has 0 aliphatic heterocycles. The van der Waals surface area contributed by atoms with Crippen LogP contribution in [0.4, 0.5) is 5.82 Å². The second kappa shape index (κ2) is 5.71. The quantitative estimate of drug-likeness (QED) is 0.923. The molecule has 4 nitrogen and oxygen atoms in total. The van der Waals surface area contributed by atoms with Crippen LogP contribution in [0, 0.1) is 0 Å². The summed E-state index contributed by atoms with van der Waals surface area (Å²) in [5, 5.41) is 4.30. The fraction of sp³-hybridized carbons (Fsp3) is 0.538. The lowest BCUT2D eigenvalue weighted by molar-refractivity contribution is 0.761. The monoisotopic (exact) mass is 340 g/mol. The van der Waals surface area contributed by atoms with Crippen LogP contribution in [0.25, 0.3) is 5.65 Å². The zero-order valence-electron chi connectivity index (χ0n) is 10.8. The van der Waals surface area contributed by atoms with Crippen molar-refractivity contribution in [3.63, 3.8) is 0 Å². The smallest absolute Gasteiger partial charge is 0.180 e. The summed E-state index contributed by atoms with van der Waals surface area (Å²) in [6.45, 7) is 2.23. The molecule has 0 spiro atoms. The number of halogens is 1. The second-order valence-electron chi connectivity index (χ2n) is 4.75. The van der Waals surface area contributed by atoms with Gasteiger partial charge in [-0.15, -0.1) is 0 Å². The van der Waals surface area contributed by atoms with E-state index in [2.05, 4.69) is 38.1 Å². The first-order valence-electron chi connectivity index (χ1n) is 6.65. The Morgan fingerprint density at radius 1 is 1.53 bits per heavy atom. The standard InChI is InChI=1S/C13H17BrN4S/c1-2-19-10-5-3-4-9(10)16-12-13-15-6-7-18(13)8-11(14)17-12/h6-10H,2-5H2,1H3,(H,16,17). The number of nitrogens with one attached hydrogen (secondary N) is 1. The van der Waals surface area contributed by atoms with Gasteiger partial charge in [0.15, 0.2) is 11.5 Å². The molecule has 102 valence electrons. The van der Waals surface area contributed by atoms with E-state index < -0.39 is 0 Å². The van der Waals surface area contributed by atoms with Crippen LogP contribution in [0.15, 0.2) is 23.2 Å². The summed E-state index contributed by atoms with van der Waals surface area (Å²) in [5.74, 6) is 2.06. The third-order valence-corrected chi connectivity index (χ3v) is 5.21. The average molecular weight is 341 g/mol. The molecule has 1 aliphatic carbocycles. The molecule has 0 aromatic carbocycles.